The minimum Gasteiger partial charge on any atom is -0.484 e. The van der Waals surface area contributed by atoms with E-state index in [4.69, 9.17) is 4.74 Å². The molecule has 0 unspecified atom stereocenters. The highest BCUT2D eigenvalue weighted by molar-refractivity contribution is 7.91. The number of hydrogen-bond donors (Lipinski definition) is 1. The van der Waals surface area contributed by atoms with Gasteiger partial charge in [0.05, 0.1) is 10.6 Å². The lowest BCUT2D eigenvalue weighted by molar-refractivity contribution is -0.123. The fraction of sp³-hybridized carbons (Fsp3) is 0.435. The summed E-state index contributed by atoms with van der Waals surface area (Å²) in [6.07, 6.45) is 1.68. The molecule has 0 radical (unpaired) electrons. The summed E-state index contributed by atoms with van der Waals surface area (Å²) in [4.78, 5) is 14.8. The van der Waals surface area contributed by atoms with E-state index < -0.39 is 9.84 Å². The maximum Gasteiger partial charge on any atom is 0.258 e. The molecule has 1 amide bonds. The Labute approximate surface area is 179 Å². The van der Waals surface area contributed by atoms with Gasteiger partial charge in [-0.05, 0) is 74.2 Å². The van der Waals surface area contributed by atoms with Gasteiger partial charge in [0.2, 0.25) is 0 Å². The first-order valence-corrected chi connectivity index (χ1v) is 12.0. The van der Waals surface area contributed by atoms with Crippen LogP contribution >= 0.6 is 0 Å². The normalized spacial score (nSPS) is 15.1. The maximum atomic E-state index is 12.2. The Kier molecular flexibility index (Phi) is 7.02. The second-order valence-electron chi connectivity index (χ2n) is 7.76. The minimum atomic E-state index is -3.18. The first kappa shape index (κ1) is 22.2. The average molecular weight is 431 g/mol. The lowest BCUT2D eigenvalue weighted by Gasteiger charge is -2.34. The summed E-state index contributed by atoms with van der Waals surface area (Å²) in [5.41, 5.74) is 3.34. The van der Waals surface area contributed by atoms with Crippen LogP contribution in [0, 0.1) is 13.8 Å². The number of carbonyl (C=O) groups is 1. The molecule has 0 spiro atoms. The third-order valence-corrected chi connectivity index (χ3v) is 7.40. The van der Waals surface area contributed by atoms with E-state index in [-0.39, 0.29) is 24.3 Å². The van der Waals surface area contributed by atoms with Crippen LogP contribution in [0.5, 0.6) is 5.75 Å². The molecule has 2 aromatic rings. The van der Waals surface area contributed by atoms with Crippen molar-refractivity contribution < 1.29 is 17.9 Å². The number of ether oxygens (including phenoxy) is 1. The number of amides is 1. The average Bonchev–Trinajstić information content (AvgIpc) is 2.75. The van der Waals surface area contributed by atoms with Crippen LogP contribution in [0.2, 0.25) is 0 Å². The standard InChI is InChI=1S/C23H30N2O4S/c1-4-30(27,28)22-9-6-20(7-10-22)25-13-11-19(12-14-25)24-23(26)16-29-21-8-5-17(2)18(3)15-21/h5-10,15,19H,4,11-14,16H2,1-3H3,(H,24,26). The Bertz CT molecular complexity index is 979. The molecule has 1 aliphatic rings. The molecule has 2 aromatic carbocycles. The second-order valence-corrected chi connectivity index (χ2v) is 10.0. The summed E-state index contributed by atoms with van der Waals surface area (Å²) >= 11 is 0. The summed E-state index contributed by atoms with van der Waals surface area (Å²) in [6.45, 7) is 7.34. The van der Waals surface area contributed by atoms with Crippen molar-refractivity contribution >= 4 is 21.4 Å². The quantitative estimate of drug-likeness (QED) is 0.730. The number of rotatable bonds is 7. The van der Waals surface area contributed by atoms with Crippen LogP contribution < -0.4 is 15.0 Å². The molecule has 6 nitrogen and oxygen atoms in total. The Morgan fingerprint density at radius 1 is 1.07 bits per heavy atom. The second kappa shape index (κ2) is 9.51. The molecule has 1 aliphatic heterocycles. The molecule has 30 heavy (non-hydrogen) atoms. The smallest absolute Gasteiger partial charge is 0.258 e. The van der Waals surface area contributed by atoms with E-state index in [1.807, 2.05) is 44.2 Å². The van der Waals surface area contributed by atoms with Gasteiger partial charge in [-0.3, -0.25) is 4.79 Å². The van der Waals surface area contributed by atoms with Gasteiger partial charge in [0.1, 0.15) is 5.75 Å². The summed E-state index contributed by atoms with van der Waals surface area (Å²) in [5.74, 6) is 0.697. The molecule has 3 rings (SSSR count). The highest BCUT2D eigenvalue weighted by Gasteiger charge is 2.21. The number of sulfone groups is 1. The Morgan fingerprint density at radius 2 is 1.73 bits per heavy atom. The lowest BCUT2D eigenvalue weighted by Crippen LogP contribution is -2.46. The van der Waals surface area contributed by atoms with Crippen molar-refractivity contribution in [3.63, 3.8) is 0 Å². The molecule has 1 saturated heterocycles. The molecule has 0 atom stereocenters. The first-order chi connectivity index (χ1) is 14.3. The number of nitrogens with zero attached hydrogens (tertiary/aromatic N) is 1. The Balaban J connectivity index is 1.46. The molecule has 1 heterocycles. The molecule has 1 fully saturated rings. The third-order valence-electron chi connectivity index (χ3n) is 5.65. The van der Waals surface area contributed by atoms with Crippen LogP contribution in [-0.2, 0) is 14.6 Å². The van der Waals surface area contributed by atoms with E-state index in [9.17, 15) is 13.2 Å². The summed E-state index contributed by atoms with van der Waals surface area (Å²) in [5, 5.41) is 3.05. The van der Waals surface area contributed by atoms with Crippen molar-refractivity contribution in [2.45, 2.75) is 44.6 Å². The van der Waals surface area contributed by atoms with Gasteiger partial charge in [-0.15, -0.1) is 0 Å². The van der Waals surface area contributed by atoms with Crippen molar-refractivity contribution in [2.24, 2.45) is 0 Å². The highest BCUT2D eigenvalue weighted by atomic mass is 32.2. The van der Waals surface area contributed by atoms with E-state index in [0.717, 1.165) is 37.2 Å². The van der Waals surface area contributed by atoms with E-state index in [0.29, 0.717) is 10.6 Å². The van der Waals surface area contributed by atoms with E-state index >= 15 is 0 Å². The molecular formula is C23H30N2O4S. The van der Waals surface area contributed by atoms with Crippen LogP contribution in [-0.4, -0.2) is 45.8 Å². The van der Waals surface area contributed by atoms with Crippen molar-refractivity contribution in [1.29, 1.82) is 0 Å². The number of anilines is 1. The summed E-state index contributed by atoms with van der Waals surface area (Å²) in [6, 6.07) is 13.0. The zero-order chi connectivity index (χ0) is 21.7. The molecule has 0 aliphatic carbocycles. The van der Waals surface area contributed by atoms with Gasteiger partial charge in [0, 0.05) is 24.8 Å². The van der Waals surface area contributed by atoms with E-state index in [1.165, 1.54) is 5.56 Å². The predicted molar refractivity (Wildman–Crippen MR) is 119 cm³/mol. The number of benzene rings is 2. The number of carbonyl (C=O) groups excluding carboxylic acids is 1. The third kappa shape index (κ3) is 5.53. The molecule has 0 aromatic heterocycles. The highest BCUT2D eigenvalue weighted by Crippen LogP contribution is 2.22. The first-order valence-electron chi connectivity index (χ1n) is 10.4. The predicted octanol–water partition coefficient (Wildman–Crippen LogP) is 3.26. The van der Waals surface area contributed by atoms with Gasteiger partial charge >= 0.3 is 0 Å². The van der Waals surface area contributed by atoms with Gasteiger partial charge in [-0.1, -0.05) is 13.0 Å². The lowest BCUT2D eigenvalue weighted by atomic mass is 10.0. The van der Waals surface area contributed by atoms with Gasteiger partial charge in [-0.2, -0.15) is 0 Å². The summed E-state index contributed by atoms with van der Waals surface area (Å²) < 4.78 is 29.5. The Hall–Kier alpha value is -2.54. The number of nitrogens with one attached hydrogen (secondary N) is 1. The largest absolute Gasteiger partial charge is 0.484 e. The zero-order valence-corrected chi connectivity index (χ0v) is 18.7. The van der Waals surface area contributed by atoms with Crippen molar-refractivity contribution in [3.05, 3.63) is 53.6 Å². The van der Waals surface area contributed by atoms with E-state index in [2.05, 4.69) is 10.2 Å². The van der Waals surface area contributed by atoms with Crippen molar-refractivity contribution in [2.75, 3.05) is 30.3 Å². The molecule has 1 N–H and O–H groups in total. The topological polar surface area (TPSA) is 75.7 Å². The van der Waals surface area contributed by atoms with Crippen LogP contribution in [0.4, 0.5) is 5.69 Å². The number of hydrogen-bond acceptors (Lipinski definition) is 5. The van der Waals surface area contributed by atoms with Gasteiger partial charge < -0.3 is 15.0 Å². The molecular weight excluding hydrogens is 400 g/mol. The number of piperidine rings is 1. The molecule has 7 heteroatoms. The van der Waals surface area contributed by atoms with Crippen molar-refractivity contribution in [1.82, 2.24) is 5.32 Å². The van der Waals surface area contributed by atoms with E-state index in [1.54, 1.807) is 19.1 Å². The van der Waals surface area contributed by atoms with Crippen LogP contribution in [0.3, 0.4) is 0 Å². The molecule has 0 bridgehead atoms. The monoisotopic (exact) mass is 430 g/mol. The van der Waals surface area contributed by atoms with Crippen LogP contribution in [0.25, 0.3) is 0 Å². The Morgan fingerprint density at radius 3 is 2.33 bits per heavy atom. The van der Waals surface area contributed by atoms with Crippen LogP contribution in [0.1, 0.15) is 30.9 Å². The van der Waals surface area contributed by atoms with Crippen molar-refractivity contribution in [3.8, 4) is 5.75 Å². The van der Waals surface area contributed by atoms with Crippen LogP contribution in [0.15, 0.2) is 47.4 Å². The fourth-order valence-corrected chi connectivity index (χ4v) is 4.42. The molecule has 162 valence electrons. The molecule has 0 saturated carbocycles. The minimum absolute atomic E-state index is 0.01000. The SMILES string of the molecule is CCS(=O)(=O)c1ccc(N2CCC(NC(=O)COc3ccc(C)c(C)c3)CC2)cc1. The summed E-state index contributed by atoms with van der Waals surface area (Å²) in [7, 11) is -3.18. The van der Waals surface area contributed by atoms with Gasteiger partial charge in [0.25, 0.3) is 5.91 Å². The zero-order valence-electron chi connectivity index (χ0n) is 17.8. The number of aryl methyl sites for hydroxylation is 2. The fourth-order valence-electron chi connectivity index (χ4n) is 3.53. The van der Waals surface area contributed by atoms with Gasteiger partial charge in [0.15, 0.2) is 16.4 Å². The maximum absolute atomic E-state index is 12.2. The van der Waals surface area contributed by atoms with Gasteiger partial charge in [-0.25, -0.2) is 8.42 Å².